The number of thioether (sulfide) groups is 1. The average Bonchev–Trinajstić information content (AvgIpc) is 2.79. The van der Waals surface area contributed by atoms with Gasteiger partial charge in [-0.05, 0) is 56.2 Å². The first-order chi connectivity index (χ1) is 8.25. The highest BCUT2D eigenvalue weighted by atomic mass is 32.2. The molecular weight excluding hydrogens is 235 g/mol. The average molecular weight is 254 g/mol. The summed E-state index contributed by atoms with van der Waals surface area (Å²) in [6.07, 6.45) is 4.92. The number of nitrogens with two attached hydrogens (primary N) is 1. The zero-order valence-corrected chi connectivity index (χ0v) is 10.7. The number of hydrogen-bond acceptors (Lipinski definition) is 3. The van der Waals surface area contributed by atoms with Crippen LogP contribution in [0.25, 0.3) is 0 Å². The van der Waals surface area contributed by atoms with E-state index in [0.29, 0.717) is 16.6 Å². The maximum absolute atomic E-state index is 13.5. The predicted molar refractivity (Wildman–Crippen MR) is 71.8 cm³/mol. The first kappa shape index (κ1) is 12.7. The van der Waals surface area contributed by atoms with Gasteiger partial charge in [-0.15, -0.1) is 11.8 Å². The number of nitrogens with one attached hydrogen (secondary N) is 1. The molecule has 0 bridgehead atoms. The molecule has 1 atom stereocenters. The van der Waals surface area contributed by atoms with Crippen molar-refractivity contribution < 1.29 is 4.39 Å². The summed E-state index contributed by atoms with van der Waals surface area (Å²) in [4.78, 5) is 0.707. The van der Waals surface area contributed by atoms with Crippen molar-refractivity contribution in [2.24, 2.45) is 0 Å². The van der Waals surface area contributed by atoms with Crippen LogP contribution in [-0.4, -0.2) is 18.3 Å². The minimum atomic E-state index is -0.200. The van der Waals surface area contributed by atoms with Gasteiger partial charge in [-0.3, -0.25) is 0 Å². The van der Waals surface area contributed by atoms with Crippen molar-refractivity contribution in [2.45, 2.75) is 36.6 Å². The summed E-state index contributed by atoms with van der Waals surface area (Å²) < 4.78 is 13.5. The molecule has 0 aliphatic carbocycles. The van der Waals surface area contributed by atoms with E-state index in [2.05, 4.69) is 5.32 Å². The summed E-state index contributed by atoms with van der Waals surface area (Å²) in [6.45, 7) is 1.16. The molecule has 4 heteroatoms. The molecule has 0 radical (unpaired) electrons. The lowest BCUT2D eigenvalue weighted by Gasteiger charge is -2.09. The van der Waals surface area contributed by atoms with Crippen molar-refractivity contribution in [3.8, 4) is 0 Å². The molecule has 1 aromatic carbocycles. The van der Waals surface area contributed by atoms with Crippen LogP contribution in [0.5, 0.6) is 0 Å². The Bertz CT molecular complexity index is 364. The van der Waals surface area contributed by atoms with Crippen LogP contribution in [0.4, 0.5) is 10.1 Å². The molecule has 3 N–H and O–H groups in total. The quantitative estimate of drug-likeness (QED) is 0.482. The second-order valence-electron chi connectivity index (χ2n) is 4.47. The van der Waals surface area contributed by atoms with Crippen molar-refractivity contribution in [3.63, 3.8) is 0 Å². The van der Waals surface area contributed by atoms with Gasteiger partial charge in [-0.1, -0.05) is 0 Å². The standard InChI is InChI=1S/C13H19FN2S/c14-12-9-10(15)5-6-13(12)17-8-2-4-11-3-1-7-16-11/h5-6,9,11,16H,1-4,7-8,15H2. The molecule has 0 saturated carbocycles. The summed E-state index contributed by atoms with van der Waals surface area (Å²) in [7, 11) is 0. The van der Waals surface area contributed by atoms with E-state index < -0.39 is 0 Å². The summed E-state index contributed by atoms with van der Waals surface area (Å²) in [5.41, 5.74) is 6.00. The second-order valence-corrected chi connectivity index (χ2v) is 5.61. The molecule has 94 valence electrons. The van der Waals surface area contributed by atoms with E-state index in [9.17, 15) is 4.39 Å². The summed E-state index contributed by atoms with van der Waals surface area (Å²) in [5, 5.41) is 3.47. The Hall–Kier alpha value is -0.740. The van der Waals surface area contributed by atoms with Gasteiger partial charge in [0.25, 0.3) is 0 Å². The molecule has 1 aliphatic rings. The molecule has 1 saturated heterocycles. The third kappa shape index (κ3) is 3.89. The number of anilines is 1. The minimum absolute atomic E-state index is 0.200. The van der Waals surface area contributed by atoms with Crippen LogP contribution < -0.4 is 11.1 Å². The van der Waals surface area contributed by atoms with Crippen molar-refractivity contribution in [1.29, 1.82) is 0 Å². The van der Waals surface area contributed by atoms with Gasteiger partial charge < -0.3 is 11.1 Å². The number of rotatable bonds is 5. The molecule has 0 aromatic heterocycles. The van der Waals surface area contributed by atoms with E-state index in [1.54, 1.807) is 23.9 Å². The molecule has 1 aromatic rings. The van der Waals surface area contributed by atoms with E-state index in [0.717, 1.165) is 18.7 Å². The molecule has 17 heavy (non-hydrogen) atoms. The molecule has 0 spiro atoms. The van der Waals surface area contributed by atoms with Crippen molar-refractivity contribution in [2.75, 3.05) is 18.0 Å². The Labute approximate surface area is 106 Å². The molecule has 0 amide bonds. The first-order valence-corrected chi connectivity index (χ1v) is 7.15. The lowest BCUT2D eigenvalue weighted by Crippen LogP contribution is -2.20. The van der Waals surface area contributed by atoms with Gasteiger partial charge in [-0.2, -0.15) is 0 Å². The largest absolute Gasteiger partial charge is 0.399 e. The fourth-order valence-electron chi connectivity index (χ4n) is 2.15. The molecule has 1 unspecified atom stereocenters. The zero-order valence-electron chi connectivity index (χ0n) is 9.92. The van der Waals surface area contributed by atoms with Crippen LogP contribution in [0.1, 0.15) is 25.7 Å². The number of nitrogen functional groups attached to an aromatic ring is 1. The first-order valence-electron chi connectivity index (χ1n) is 6.17. The number of benzene rings is 1. The van der Waals surface area contributed by atoms with E-state index >= 15 is 0 Å². The van der Waals surface area contributed by atoms with E-state index in [1.165, 1.54) is 25.3 Å². The fourth-order valence-corrected chi connectivity index (χ4v) is 3.04. The van der Waals surface area contributed by atoms with Crippen LogP contribution in [0.2, 0.25) is 0 Å². The molecule has 2 rings (SSSR count). The van der Waals surface area contributed by atoms with Gasteiger partial charge in [0.2, 0.25) is 0 Å². The SMILES string of the molecule is Nc1ccc(SCCCC2CCCN2)c(F)c1. The van der Waals surface area contributed by atoms with E-state index in [1.807, 2.05) is 0 Å². The normalized spacial score (nSPS) is 19.7. The Kier molecular flexibility index (Phi) is 4.68. The van der Waals surface area contributed by atoms with Gasteiger partial charge in [0.15, 0.2) is 0 Å². The fraction of sp³-hybridized carbons (Fsp3) is 0.538. The third-order valence-corrected chi connectivity index (χ3v) is 4.21. The Morgan fingerprint density at radius 1 is 1.47 bits per heavy atom. The molecule has 2 nitrogen and oxygen atoms in total. The van der Waals surface area contributed by atoms with E-state index in [4.69, 9.17) is 5.73 Å². The van der Waals surface area contributed by atoms with Crippen LogP contribution >= 0.6 is 11.8 Å². The Morgan fingerprint density at radius 2 is 2.35 bits per heavy atom. The zero-order chi connectivity index (χ0) is 12.1. The topological polar surface area (TPSA) is 38.0 Å². The van der Waals surface area contributed by atoms with Crippen molar-refractivity contribution in [1.82, 2.24) is 5.32 Å². The highest BCUT2D eigenvalue weighted by molar-refractivity contribution is 7.99. The van der Waals surface area contributed by atoms with Gasteiger partial charge in [-0.25, -0.2) is 4.39 Å². The maximum atomic E-state index is 13.5. The third-order valence-electron chi connectivity index (χ3n) is 3.07. The highest BCUT2D eigenvalue weighted by Gasteiger charge is 2.13. The van der Waals surface area contributed by atoms with E-state index in [-0.39, 0.29) is 5.82 Å². The smallest absolute Gasteiger partial charge is 0.138 e. The number of hydrogen-bond donors (Lipinski definition) is 2. The summed E-state index contributed by atoms with van der Waals surface area (Å²) in [6, 6.07) is 5.60. The molecule has 1 aliphatic heterocycles. The van der Waals surface area contributed by atoms with Gasteiger partial charge in [0, 0.05) is 16.6 Å². The van der Waals surface area contributed by atoms with Crippen molar-refractivity contribution in [3.05, 3.63) is 24.0 Å². The van der Waals surface area contributed by atoms with Crippen LogP contribution in [-0.2, 0) is 0 Å². The maximum Gasteiger partial charge on any atom is 0.138 e. The molecule has 1 heterocycles. The van der Waals surface area contributed by atoms with Gasteiger partial charge >= 0.3 is 0 Å². The monoisotopic (exact) mass is 254 g/mol. The van der Waals surface area contributed by atoms with Crippen LogP contribution in [0.15, 0.2) is 23.1 Å². The minimum Gasteiger partial charge on any atom is -0.399 e. The van der Waals surface area contributed by atoms with Gasteiger partial charge in [0.1, 0.15) is 5.82 Å². The number of halogens is 1. The summed E-state index contributed by atoms with van der Waals surface area (Å²) >= 11 is 1.58. The predicted octanol–water partition coefficient (Wildman–Crippen LogP) is 3.03. The lowest BCUT2D eigenvalue weighted by atomic mass is 10.1. The molecule has 1 fully saturated rings. The van der Waals surface area contributed by atoms with Crippen LogP contribution in [0, 0.1) is 5.82 Å². The highest BCUT2D eigenvalue weighted by Crippen LogP contribution is 2.25. The second kappa shape index (κ2) is 6.26. The van der Waals surface area contributed by atoms with Crippen molar-refractivity contribution >= 4 is 17.4 Å². The Morgan fingerprint density at radius 3 is 3.06 bits per heavy atom. The lowest BCUT2D eigenvalue weighted by molar-refractivity contribution is 0.553. The Balaban J connectivity index is 1.70. The van der Waals surface area contributed by atoms with Crippen LogP contribution in [0.3, 0.4) is 0 Å². The summed E-state index contributed by atoms with van der Waals surface area (Å²) in [5.74, 6) is 0.771. The van der Waals surface area contributed by atoms with Gasteiger partial charge in [0.05, 0.1) is 0 Å². The molecular formula is C13H19FN2S.